The first-order valence-electron chi connectivity index (χ1n) is 6.05. The van der Waals surface area contributed by atoms with Crippen LogP contribution >= 0.6 is 15.9 Å². The van der Waals surface area contributed by atoms with Crippen LogP contribution in [0.3, 0.4) is 0 Å². The van der Waals surface area contributed by atoms with Crippen LogP contribution in [0.15, 0.2) is 45.9 Å². The zero-order valence-electron chi connectivity index (χ0n) is 11.4. The summed E-state index contributed by atoms with van der Waals surface area (Å²) in [5.74, 6) is 0.0357. The van der Waals surface area contributed by atoms with Gasteiger partial charge in [0.1, 0.15) is 5.82 Å². The van der Waals surface area contributed by atoms with Crippen LogP contribution in [-0.4, -0.2) is 19.2 Å². The second kappa shape index (κ2) is 5.95. The largest absolute Gasteiger partial charge is 0.295 e. The molecule has 21 heavy (non-hydrogen) atoms. The fourth-order valence-corrected chi connectivity index (χ4v) is 2.94. The zero-order valence-corrected chi connectivity index (χ0v) is 13.8. The topological polar surface area (TPSA) is 76.1 Å². The maximum atomic E-state index is 12.3. The standard InChI is InChI=1S/C14H13BrN2O3S/c1-9-6-14(16-8-13(9)15)17-21(19,20)12-5-3-4-11(7-12)10(2)18/h3-8H,1-2H3,(H,16,17). The molecule has 110 valence electrons. The minimum Gasteiger partial charge on any atom is -0.295 e. The molecule has 0 amide bonds. The first-order valence-corrected chi connectivity index (χ1v) is 8.33. The number of nitrogens with zero attached hydrogens (tertiary/aromatic N) is 1. The number of aryl methyl sites for hydroxylation is 1. The SMILES string of the molecule is CC(=O)c1cccc(S(=O)(=O)Nc2cc(C)c(Br)cn2)c1. The number of anilines is 1. The zero-order chi connectivity index (χ0) is 15.6. The third-order valence-electron chi connectivity index (χ3n) is 2.84. The summed E-state index contributed by atoms with van der Waals surface area (Å²) in [6, 6.07) is 7.50. The molecule has 0 aliphatic carbocycles. The molecule has 2 rings (SSSR count). The summed E-state index contributed by atoms with van der Waals surface area (Å²) in [5, 5.41) is 0. The van der Waals surface area contributed by atoms with E-state index in [0.29, 0.717) is 5.56 Å². The highest BCUT2D eigenvalue weighted by Crippen LogP contribution is 2.20. The highest BCUT2D eigenvalue weighted by atomic mass is 79.9. The third kappa shape index (κ3) is 3.68. The molecule has 0 aliphatic heterocycles. The summed E-state index contributed by atoms with van der Waals surface area (Å²) in [6.45, 7) is 3.22. The number of benzene rings is 1. The van der Waals surface area contributed by atoms with Gasteiger partial charge >= 0.3 is 0 Å². The van der Waals surface area contributed by atoms with Gasteiger partial charge < -0.3 is 0 Å². The van der Waals surface area contributed by atoms with Crippen molar-refractivity contribution >= 4 is 37.6 Å². The molecule has 1 heterocycles. The maximum Gasteiger partial charge on any atom is 0.263 e. The van der Waals surface area contributed by atoms with Gasteiger partial charge in [-0.25, -0.2) is 13.4 Å². The average Bonchev–Trinajstić information content (AvgIpc) is 2.43. The normalized spacial score (nSPS) is 11.2. The van der Waals surface area contributed by atoms with Crippen molar-refractivity contribution in [1.82, 2.24) is 4.98 Å². The Kier molecular flexibility index (Phi) is 4.43. The van der Waals surface area contributed by atoms with Gasteiger partial charge in [0.25, 0.3) is 10.0 Å². The number of nitrogens with one attached hydrogen (secondary N) is 1. The van der Waals surface area contributed by atoms with E-state index >= 15 is 0 Å². The minimum absolute atomic E-state index is 0.0255. The van der Waals surface area contributed by atoms with Gasteiger partial charge in [-0.15, -0.1) is 0 Å². The van der Waals surface area contributed by atoms with Crippen LogP contribution in [0.4, 0.5) is 5.82 Å². The number of aromatic nitrogens is 1. The van der Waals surface area contributed by atoms with Crippen LogP contribution in [-0.2, 0) is 10.0 Å². The van der Waals surface area contributed by atoms with Crippen LogP contribution in [0, 0.1) is 6.92 Å². The van der Waals surface area contributed by atoms with E-state index in [-0.39, 0.29) is 16.5 Å². The summed E-state index contributed by atoms with van der Waals surface area (Å²) in [6.07, 6.45) is 1.53. The van der Waals surface area contributed by atoms with Crippen molar-refractivity contribution < 1.29 is 13.2 Å². The summed E-state index contributed by atoms with van der Waals surface area (Å²) in [4.78, 5) is 15.4. The Morgan fingerprint density at radius 2 is 2.00 bits per heavy atom. The number of rotatable bonds is 4. The van der Waals surface area contributed by atoms with Crippen LogP contribution in [0.25, 0.3) is 0 Å². The highest BCUT2D eigenvalue weighted by Gasteiger charge is 2.16. The summed E-state index contributed by atoms with van der Waals surface area (Å²) >= 11 is 3.30. The molecule has 0 unspecified atom stereocenters. The van der Waals surface area contributed by atoms with E-state index < -0.39 is 10.0 Å². The molecule has 0 aliphatic rings. The van der Waals surface area contributed by atoms with Crippen LogP contribution in [0.5, 0.6) is 0 Å². The molecule has 7 heteroatoms. The van der Waals surface area contributed by atoms with Gasteiger partial charge in [0, 0.05) is 16.2 Å². The lowest BCUT2D eigenvalue weighted by Gasteiger charge is -2.09. The second-order valence-corrected chi connectivity index (χ2v) is 7.04. The van der Waals surface area contributed by atoms with Crippen molar-refractivity contribution in [3.63, 3.8) is 0 Å². The van der Waals surface area contributed by atoms with Gasteiger partial charge in [-0.05, 0) is 53.5 Å². The van der Waals surface area contributed by atoms with Crippen molar-refractivity contribution in [2.24, 2.45) is 0 Å². The van der Waals surface area contributed by atoms with Crippen LogP contribution < -0.4 is 4.72 Å². The molecule has 5 nitrogen and oxygen atoms in total. The lowest BCUT2D eigenvalue weighted by atomic mass is 10.2. The smallest absolute Gasteiger partial charge is 0.263 e. The van der Waals surface area contributed by atoms with Crippen molar-refractivity contribution in [1.29, 1.82) is 0 Å². The molecule has 0 atom stereocenters. The number of carbonyl (C=O) groups excluding carboxylic acids is 1. The van der Waals surface area contributed by atoms with Crippen LogP contribution in [0.2, 0.25) is 0 Å². The predicted octanol–water partition coefficient (Wildman–Crippen LogP) is 3.16. The number of hydrogen-bond acceptors (Lipinski definition) is 4. The fourth-order valence-electron chi connectivity index (χ4n) is 1.67. The van der Waals surface area contributed by atoms with E-state index in [2.05, 4.69) is 25.6 Å². The van der Waals surface area contributed by atoms with E-state index in [1.807, 2.05) is 6.92 Å². The van der Waals surface area contributed by atoms with E-state index in [9.17, 15) is 13.2 Å². The molecule has 0 saturated heterocycles. The van der Waals surface area contributed by atoms with Gasteiger partial charge in [-0.3, -0.25) is 9.52 Å². The first kappa shape index (κ1) is 15.7. The number of ketones is 1. The molecule has 0 saturated carbocycles. The molecule has 0 radical (unpaired) electrons. The monoisotopic (exact) mass is 368 g/mol. The number of pyridine rings is 1. The number of carbonyl (C=O) groups is 1. The molecule has 1 aromatic carbocycles. The van der Waals surface area contributed by atoms with Gasteiger partial charge in [0.2, 0.25) is 0 Å². The number of halogens is 1. The Hall–Kier alpha value is -1.73. The highest BCUT2D eigenvalue weighted by molar-refractivity contribution is 9.10. The molecule has 1 N–H and O–H groups in total. The molecule has 0 bridgehead atoms. The Balaban J connectivity index is 2.36. The van der Waals surface area contributed by atoms with Gasteiger partial charge in [-0.1, -0.05) is 12.1 Å². The number of sulfonamides is 1. The Labute approximate surface area is 131 Å². The quantitative estimate of drug-likeness (QED) is 0.840. The maximum absolute atomic E-state index is 12.3. The Morgan fingerprint density at radius 1 is 1.29 bits per heavy atom. The van der Waals surface area contributed by atoms with Gasteiger partial charge in [-0.2, -0.15) is 0 Å². The molecular weight excluding hydrogens is 356 g/mol. The van der Waals surface area contributed by atoms with Crippen molar-refractivity contribution in [2.75, 3.05) is 4.72 Å². The Morgan fingerprint density at radius 3 is 2.62 bits per heavy atom. The van der Waals surface area contributed by atoms with Crippen molar-refractivity contribution in [3.8, 4) is 0 Å². The van der Waals surface area contributed by atoms with Crippen molar-refractivity contribution in [3.05, 3.63) is 52.1 Å². The second-order valence-electron chi connectivity index (χ2n) is 4.51. The summed E-state index contributed by atoms with van der Waals surface area (Å²) < 4.78 is 27.8. The molecular formula is C14H13BrN2O3S. The Bertz CT molecular complexity index is 804. The summed E-state index contributed by atoms with van der Waals surface area (Å²) in [7, 11) is -3.78. The molecule has 2 aromatic rings. The molecule has 0 fully saturated rings. The van der Waals surface area contributed by atoms with Crippen LogP contribution in [0.1, 0.15) is 22.8 Å². The summed E-state index contributed by atoms with van der Waals surface area (Å²) in [5.41, 5.74) is 1.21. The lowest BCUT2D eigenvalue weighted by Crippen LogP contribution is -2.14. The third-order valence-corrected chi connectivity index (χ3v) is 5.02. The first-order chi connectivity index (χ1) is 9.79. The molecule has 0 spiro atoms. The van der Waals surface area contributed by atoms with E-state index in [0.717, 1.165) is 10.0 Å². The van der Waals surface area contributed by atoms with E-state index in [1.165, 1.54) is 31.3 Å². The lowest BCUT2D eigenvalue weighted by molar-refractivity contribution is 0.101. The average molecular weight is 369 g/mol. The minimum atomic E-state index is -3.78. The van der Waals surface area contributed by atoms with E-state index in [1.54, 1.807) is 12.1 Å². The number of hydrogen-bond donors (Lipinski definition) is 1. The van der Waals surface area contributed by atoms with Crippen molar-refractivity contribution in [2.45, 2.75) is 18.7 Å². The van der Waals surface area contributed by atoms with E-state index in [4.69, 9.17) is 0 Å². The van der Waals surface area contributed by atoms with Gasteiger partial charge in [0.15, 0.2) is 5.78 Å². The fraction of sp³-hybridized carbons (Fsp3) is 0.143. The number of Topliss-reactive ketones (excluding diaryl/α,β-unsaturated/α-hetero) is 1. The van der Waals surface area contributed by atoms with Gasteiger partial charge in [0.05, 0.1) is 4.90 Å². The predicted molar refractivity (Wildman–Crippen MR) is 83.9 cm³/mol. The molecule has 1 aromatic heterocycles.